The van der Waals surface area contributed by atoms with Crippen molar-refractivity contribution < 1.29 is 4.79 Å². The van der Waals surface area contributed by atoms with Gasteiger partial charge in [0, 0.05) is 18.2 Å². The molecule has 1 saturated carbocycles. The van der Waals surface area contributed by atoms with E-state index < -0.39 is 0 Å². The van der Waals surface area contributed by atoms with Gasteiger partial charge in [-0.2, -0.15) is 0 Å². The van der Waals surface area contributed by atoms with Crippen LogP contribution in [0.4, 0.5) is 5.69 Å². The first-order valence-corrected chi connectivity index (χ1v) is 7.78. The third-order valence-corrected chi connectivity index (χ3v) is 5.03. The molecule has 1 amide bonds. The van der Waals surface area contributed by atoms with Crippen LogP contribution in [0.1, 0.15) is 38.7 Å². The van der Waals surface area contributed by atoms with Gasteiger partial charge >= 0.3 is 0 Å². The predicted molar refractivity (Wildman–Crippen MR) is 81.7 cm³/mol. The Balaban J connectivity index is 1.56. The van der Waals surface area contributed by atoms with Gasteiger partial charge in [0.05, 0.1) is 0 Å². The standard InChI is InChI=1S/C17H24N2O/c1-11-7-8-14(9-12(11)2)18-17(20)16-10-13-5-3-4-6-15(13)19-16/h3-6,11-12,14,16,19H,7-10H2,1-2H3,(H,18,20)/t11?,12?,14?,16-/m0/s1. The molecule has 1 aliphatic heterocycles. The maximum Gasteiger partial charge on any atom is 0.243 e. The van der Waals surface area contributed by atoms with Crippen LogP contribution in [0, 0.1) is 11.8 Å². The van der Waals surface area contributed by atoms with Crippen molar-refractivity contribution in [1.82, 2.24) is 5.32 Å². The maximum absolute atomic E-state index is 12.4. The molecule has 1 aliphatic carbocycles. The Bertz CT molecular complexity index is 475. The molecule has 2 N–H and O–H groups in total. The number of carbonyl (C=O) groups is 1. The van der Waals surface area contributed by atoms with Crippen LogP contribution in [-0.4, -0.2) is 18.0 Å². The fraction of sp³-hybridized carbons (Fsp3) is 0.588. The highest BCUT2D eigenvalue weighted by atomic mass is 16.2. The quantitative estimate of drug-likeness (QED) is 0.869. The summed E-state index contributed by atoms with van der Waals surface area (Å²) in [5, 5.41) is 6.58. The van der Waals surface area contributed by atoms with Crippen LogP contribution < -0.4 is 10.6 Å². The van der Waals surface area contributed by atoms with E-state index in [1.807, 2.05) is 18.2 Å². The van der Waals surface area contributed by atoms with Gasteiger partial charge in [0.1, 0.15) is 6.04 Å². The van der Waals surface area contributed by atoms with Crippen molar-refractivity contribution in [3.05, 3.63) is 29.8 Å². The average molecular weight is 272 g/mol. The molecule has 2 aliphatic rings. The van der Waals surface area contributed by atoms with E-state index in [0.29, 0.717) is 12.0 Å². The highest BCUT2D eigenvalue weighted by Crippen LogP contribution is 2.30. The van der Waals surface area contributed by atoms with E-state index in [1.165, 1.54) is 12.0 Å². The summed E-state index contributed by atoms with van der Waals surface area (Å²) < 4.78 is 0. The molecule has 20 heavy (non-hydrogen) atoms. The Morgan fingerprint density at radius 2 is 2.00 bits per heavy atom. The zero-order valence-electron chi connectivity index (χ0n) is 12.4. The van der Waals surface area contributed by atoms with Crippen molar-refractivity contribution in [2.75, 3.05) is 5.32 Å². The summed E-state index contributed by atoms with van der Waals surface area (Å²) in [5.74, 6) is 1.66. The molecule has 3 rings (SSSR count). The lowest BCUT2D eigenvalue weighted by Crippen LogP contribution is -2.46. The third kappa shape index (κ3) is 2.67. The number of carbonyl (C=O) groups excluding carboxylic acids is 1. The van der Waals surface area contributed by atoms with Crippen molar-refractivity contribution in [2.24, 2.45) is 11.8 Å². The first kappa shape index (κ1) is 13.5. The van der Waals surface area contributed by atoms with E-state index in [2.05, 4.69) is 30.5 Å². The van der Waals surface area contributed by atoms with Crippen molar-refractivity contribution in [3.63, 3.8) is 0 Å². The number of hydrogen-bond donors (Lipinski definition) is 2. The van der Waals surface area contributed by atoms with Gasteiger partial charge in [-0.1, -0.05) is 32.0 Å². The van der Waals surface area contributed by atoms with Gasteiger partial charge in [-0.15, -0.1) is 0 Å². The Kier molecular flexibility index (Phi) is 3.68. The molecule has 0 radical (unpaired) electrons. The van der Waals surface area contributed by atoms with Crippen molar-refractivity contribution in [1.29, 1.82) is 0 Å². The number of nitrogens with one attached hydrogen (secondary N) is 2. The molecule has 1 aromatic carbocycles. The first-order chi connectivity index (χ1) is 9.63. The highest BCUT2D eigenvalue weighted by molar-refractivity contribution is 5.87. The molecule has 0 saturated heterocycles. The third-order valence-electron chi connectivity index (χ3n) is 5.03. The molecule has 4 atom stereocenters. The van der Waals surface area contributed by atoms with Gasteiger partial charge in [-0.25, -0.2) is 0 Å². The first-order valence-electron chi connectivity index (χ1n) is 7.78. The molecular formula is C17H24N2O. The van der Waals surface area contributed by atoms with Gasteiger partial charge in [0.25, 0.3) is 0 Å². The number of benzene rings is 1. The summed E-state index contributed by atoms with van der Waals surface area (Å²) in [6.07, 6.45) is 4.27. The van der Waals surface area contributed by atoms with Crippen LogP contribution >= 0.6 is 0 Å². The second-order valence-corrected chi connectivity index (χ2v) is 6.53. The Hall–Kier alpha value is -1.51. The number of fused-ring (bicyclic) bond motifs is 1. The van der Waals surface area contributed by atoms with Gasteiger partial charge in [0.15, 0.2) is 0 Å². The topological polar surface area (TPSA) is 41.1 Å². The number of amides is 1. The normalized spacial score (nSPS) is 32.3. The lowest BCUT2D eigenvalue weighted by Gasteiger charge is -2.33. The molecule has 3 heteroatoms. The molecule has 0 aromatic heterocycles. The van der Waals surface area contributed by atoms with Crippen LogP contribution in [0.25, 0.3) is 0 Å². The minimum atomic E-state index is -0.0953. The predicted octanol–water partition coefficient (Wildman–Crippen LogP) is 2.96. The summed E-state index contributed by atoms with van der Waals surface area (Å²) in [4.78, 5) is 12.4. The summed E-state index contributed by atoms with van der Waals surface area (Å²) in [5.41, 5.74) is 2.36. The van der Waals surface area contributed by atoms with E-state index >= 15 is 0 Å². The van der Waals surface area contributed by atoms with E-state index in [9.17, 15) is 4.79 Å². The fourth-order valence-corrected chi connectivity index (χ4v) is 3.44. The van der Waals surface area contributed by atoms with Gasteiger partial charge in [-0.3, -0.25) is 4.79 Å². The van der Waals surface area contributed by atoms with E-state index in [4.69, 9.17) is 0 Å². The zero-order chi connectivity index (χ0) is 14.1. The molecule has 1 heterocycles. The highest BCUT2D eigenvalue weighted by Gasteiger charge is 2.30. The largest absolute Gasteiger partial charge is 0.373 e. The summed E-state index contributed by atoms with van der Waals surface area (Å²) in [6.45, 7) is 4.62. The average Bonchev–Trinajstić information content (AvgIpc) is 2.87. The molecule has 1 fully saturated rings. The van der Waals surface area contributed by atoms with Gasteiger partial charge in [-0.05, 0) is 42.7 Å². The van der Waals surface area contributed by atoms with Crippen molar-refractivity contribution >= 4 is 11.6 Å². The second-order valence-electron chi connectivity index (χ2n) is 6.53. The van der Waals surface area contributed by atoms with Gasteiger partial charge < -0.3 is 10.6 Å². The molecule has 0 spiro atoms. The monoisotopic (exact) mass is 272 g/mol. The number of rotatable bonds is 2. The van der Waals surface area contributed by atoms with Crippen LogP contribution in [0.3, 0.4) is 0 Å². The van der Waals surface area contributed by atoms with Crippen molar-refractivity contribution in [2.45, 2.75) is 51.6 Å². The van der Waals surface area contributed by atoms with E-state index in [1.54, 1.807) is 0 Å². The van der Waals surface area contributed by atoms with Crippen LogP contribution in [0.15, 0.2) is 24.3 Å². The molecule has 3 nitrogen and oxygen atoms in total. The molecule has 108 valence electrons. The minimum Gasteiger partial charge on any atom is -0.373 e. The lowest BCUT2D eigenvalue weighted by molar-refractivity contribution is -0.122. The SMILES string of the molecule is CC1CCC(NC(=O)[C@@H]2Cc3ccccc3N2)CC1C. The van der Waals surface area contributed by atoms with Crippen LogP contribution in [0.5, 0.6) is 0 Å². The summed E-state index contributed by atoms with van der Waals surface area (Å²) in [6, 6.07) is 8.45. The molecule has 3 unspecified atom stereocenters. The van der Waals surface area contributed by atoms with Crippen LogP contribution in [-0.2, 0) is 11.2 Å². The molecule has 1 aromatic rings. The second kappa shape index (κ2) is 5.47. The molecule has 0 bridgehead atoms. The minimum absolute atomic E-state index is 0.0953. The van der Waals surface area contributed by atoms with Crippen molar-refractivity contribution in [3.8, 4) is 0 Å². The summed E-state index contributed by atoms with van der Waals surface area (Å²) >= 11 is 0. The van der Waals surface area contributed by atoms with E-state index in [-0.39, 0.29) is 11.9 Å². The Morgan fingerprint density at radius 1 is 1.20 bits per heavy atom. The Labute approximate surface area is 121 Å². The molecular weight excluding hydrogens is 248 g/mol. The van der Waals surface area contributed by atoms with Crippen LogP contribution in [0.2, 0.25) is 0 Å². The van der Waals surface area contributed by atoms with E-state index in [0.717, 1.165) is 30.9 Å². The lowest BCUT2D eigenvalue weighted by atomic mass is 9.79. The zero-order valence-corrected chi connectivity index (χ0v) is 12.4. The smallest absolute Gasteiger partial charge is 0.243 e. The maximum atomic E-state index is 12.4. The number of para-hydroxylation sites is 1. The van der Waals surface area contributed by atoms with Gasteiger partial charge in [0.2, 0.25) is 5.91 Å². The summed E-state index contributed by atoms with van der Waals surface area (Å²) in [7, 11) is 0. The number of anilines is 1. The fourth-order valence-electron chi connectivity index (χ4n) is 3.44. The number of hydrogen-bond acceptors (Lipinski definition) is 2. The Morgan fingerprint density at radius 3 is 2.75 bits per heavy atom.